The molecule has 2 aliphatic rings. The maximum atomic E-state index is 6.05. The summed E-state index contributed by atoms with van der Waals surface area (Å²) in [5.41, 5.74) is 0. The van der Waals surface area contributed by atoms with Crippen LogP contribution >= 0.6 is 0 Å². The number of unbranched alkanes of at least 4 members (excludes halogenated alkanes) is 1. The zero-order valence-corrected chi connectivity index (χ0v) is 21.5. The molecule has 0 spiro atoms. The van der Waals surface area contributed by atoms with E-state index in [4.69, 9.17) is 4.43 Å². The van der Waals surface area contributed by atoms with Crippen molar-refractivity contribution in [3.63, 3.8) is 0 Å². The Morgan fingerprint density at radius 1 is 0.846 bits per heavy atom. The van der Waals surface area contributed by atoms with Crippen LogP contribution < -0.4 is 12.4 Å². The Balaban J connectivity index is -0.000000359. The molecule has 0 aromatic rings. The largest absolute Gasteiger partial charge is 1.00 e. The minimum absolute atomic E-state index is 0. The molecule has 2 radical (unpaired) electrons. The van der Waals surface area contributed by atoms with Crippen molar-refractivity contribution in [2.75, 3.05) is 6.61 Å². The minimum atomic E-state index is -1.49. The third-order valence-electron chi connectivity index (χ3n) is 4.13. The standard InChI is InChI=1S/C12H26OSi.2C5H5.ClH.Zr/c1-7-8-9-10-11-13-14(5,6)12(2,3)4;2*1-2-4-5-3-1;;/h7-8H,9-11H2,1-6H3;2*1-5H;1H;/p-1/b8-7+;;;;. The molecule has 0 saturated heterocycles. The Kier molecular flexibility index (Phi) is 21.8. The van der Waals surface area contributed by atoms with Gasteiger partial charge in [-0.2, -0.15) is 0 Å². The molecule has 2 aliphatic carbocycles. The molecule has 0 fully saturated rings. The van der Waals surface area contributed by atoms with E-state index in [1.807, 2.05) is 61.4 Å². The quantitative estimate of drug-likeness (QED) is 0.335. The number of rotatable bonds is 5. The molecule has 2 rings (SSSR count). The van der Waals surface area contributed by atoms with Gasteiger partial charge in [-0.25, -0.2) is 0 Å². The summed E-state index contributed by atoms with van der Waals surface area (Å²) >= 11 is 0. The number of hydrogen-bond donors (Lipinski definition) is 0. The van der Waals surface area contributed by atoms with Crippen molar-refractivity contribution in [1.82, 2.24) is 0 Å². The van der Waals surface area contributed by atoms with E-state index in [1.54, 1.807) is 0 Å². The van der Waals surface area contributed by atoms with Gasteiger partial charge in [0, 0.05) is 45.7 Å². The van der Waals surface area contributed by atoms with Crippen LogP contribution in [0, 0.1) is 12.8 Å². The van der Waals surface area contributed by atoms with Gasteiger partial charge in [0.05, 0.1) is 0 Å². The summed E-state index contributed by atoms with van der Waals surface area (Å²) in [4.78, 5) is 0. The fourth-order valence-corrected chi connectivity index (χ4v) is 2.64. The van der Waals surface area contributed by atoms with Crippen molar-refractivity contribution in [2.45, 2.75) is 58.7 Å². The van der Waals surface area contributed by atoms with Gasteiger partial charge in [-0.1, -0.05) is 81.5 Å². The Morgan fingerprint density at radius 3 is 1.54 bits per heavy atom. The normalized spacial score (nSPS) is 14.2. The Labute approximate surface area is 189 Å². The second-order valence-electron chi connectivity index (χ2n) is 7.24. The van der Waals surface area contributed by atoms with Crippen LogP contribution in [0.5, 0.6) is 0 Å². The SMILES string of the molecule is C/C=C/CCCO[Si](C)(C)C(C)(C)C.[CH]1C=CC=C1.[CH]1C=CC=C1.[Cl-].[Zr]. The molecule has 0 saturated carbocycles. The average molecular weight is 471 g/mol. The zero-order chi connectivity index (χ0) is 18.3. The molecule has 1 nitrogen and oxygen atoms in total. The van der Waals surface area contributed by atoms with Crippen molar-refractivity contribution in [2.24, 2.45) is 0 Å². The predicted molar refractivity (Wildman–Crippen MR) is 112 cm³/mol. The fourth-order valence-electron chi connectivity index (χ4n) is 1.55. The van der Waals surface area contributed by atoms with Gasteiger partial charge in [0.25, 0.3) is 0 Å². The van der Waals surface area contributed by atoms with Crippen LogP contribution in [0.1, 0.15) is 40.5 Å². The first kappa shape index (κ1) is 30.8. The summed E-state index contributed by atoms with van der Waals surface area (Å²) in [6, 6.07) is 0. The van der Waals surface area contributed by atoms with E-state index in [1.165, 1.54) is 0 Å². The van der Waals surface area contributed by atoms with Crippen molar-refractivity contribution >= 4 is 8.32 Å². The summed E-state index contributed by atoms with van der Waals surface area (Å²) in [6.07, 6.45) is 26.6. The third-order valence-corrected chi connectivity index (χ3v) is 8.67. The fraction of sp³-hybridized carbons (Fsp3) is 0.455. The Morgan fingerprint density at radius 2 is 1.27 bits per heavy atom. The minimum Gasteiger partial charge on any atom is -1.00 e. The first-order valence-electron chi connectivity index (χ1n) is 8.90. The van der Waals surface area contributed by atoms with Crippen molar-refractivity contribution in [3.8, 4) is 0 Å². The van der Waals surface area contributed by atoms with E-state index < -0.39 is 8.32 Å². The van der Waals surface area contributed by atoms with E-state index in [0.717, 1.165) is 19.4 Å². The van der Waals surface area contributed by atoms with E-state index in [9.17, 15) is 0 Å². The monoisotopic (exact) mass is 469 g/mol. The molecule has 0 amide bonds. The smallest absolute Gasteiger partial charge is 0.191 e. The molecule has 0 bridgehead atoms. The average Bonchev–Trinajstić information content (AvgIpc) is 3.24. The third kappa shape index (κ3) is 17.5. The number of hydrogen-bond acceptors (Lipinski definition) is 1. The van der Waals surface area contributed by atoms with Gasteiger partial charge in [0.2, 0.25) is 0 Å². The van der Waals surface area contributed by atoms with Crippen LogP contribution in [-0.4, -0.2) is 14.9 Å². The molecule has 0 aromatic heterocycles. The van der Waals surface area contributed by atoms with Crippen LogP contribution in [0.4, 0.5) is 0 Å². The molecule has 0 heterocycles. The zero-order valence-electron chi connectivity index (χ0n) is 17.3. The van der Waals surface area contributed by atoms with E-state index in [-0.39, 0.29) is 38.6 Å². The molecule has 4 heteroatoms. The van der Waals surface area contributed by atoms with Gasteiger partial charge in [0.1, 0.15) is 0 Å². The molecule has 0 aliphatic heterocycles. The first-order valence-corrected chi connectivity index (χ1v) is 11.8. The Bertz CT molecular complexity index is 415. The molecular weight excluding hydrogens is 435 g/mol. The van der Waals surface area contributed by atoms with Crippen molar-refractivity contribution < 1.29 is 43.0 Å². The van der Waals surface area contributed by atoms with Gasteiger partial charge in [-0.15, -0.1) is 0 Å². The molecule has 0 N–H and O–H groups in total. The van der Waals surface area contributed by atoms with E-state index in [0.29, 0.717) is 5.04 Å². The molecule has 0 atom stereocenters. The second-order valence-corrected chi connectivity index (χ2v) is 12.1. The maximum absolute atomic E-state index is 6.05. The van der Waals surface area contributed by atoms with Gasteiger partial charge < -0.3 is 16.8 Å². The van der Waals surface area contributed by atoms with Gasteiger partial charge in [-0.05, 0) is 37.9 Å². The first-order chi connectivity index (χ1) is 11.3. The summed E-state index contributed by atoms with van der Waals surface area (Å²) < 4.78 is 6.05. The van der Waals surface area contributed by atoms with Gasteiger partial charge in [0.15, 0.2) is 8.32 Å². The summed E-state index contributed by atoms with van der Waals surface area (Å²) in [7, 11) is -1.49. The van der Waals surface area contributed by atoms with Gasteiger partial charge >= 0.3 is 0 Å². The molecule has 26 heavy (non-hydrogen) atoms. The molecule has 146 valence electrons. The summed E-state index contributed by atoms with van der Waals surface area (Å²) in [5.74, 6) is 0. The van der Waals surface area contributed by atoms with E-state index in [2.05, 4.69) is 52.9 Å². The van der Waals surface area contributed by atoms with Crippen LogP contribution in [0.2, 0.25) is 18.1 Å². The number of halogens is 1. The summed E-state index contributed by atoms with van der Waals surface area (Å²) in [6.45, 7) is 14.4. The van der Waals surface area contributed by atoms with Crippen molar-refractivity contribution in [1.29, 1.82) is 0 Å². The van der Waals surface area contributed by atoms with E-state index >= 15 is 0 Å². The van der Waals surface area contributed by atoms with Crippen LogP contribution in [0.25, 0.3) is 0 Å². The van der Waals surface area contributed by atoms with Crippen LogP contribution in [0.15, 0.2) is 60.8 Å². The van der Waals surface area contributed by atoms with Crippen LogP contribution in [0.3, 0.4) is 0 Å². The molecule has 0 unspecified atom stereocenters. The molecular formula is C22H36ClOSiZr-. The van der Waals surface area contributed by atoms with Gasteiger partial charge in [-0.3, -0.25) is 0 Å². The predicted octanol–water partition coefficient (Wildman–Crippen LogP) is 4.00. The van der Waals surface area contributed by atoms with Crippen molar-refractivity contribution in [3.05, 3.63) is 73.6 Å². The topological polar surface area (TPSA) is 9.23 Å². The second kappa shape index (κ2) is 18.4. The molecule has 0 aromatic carbocycles. The Hall–Kier alpha value is 0.0500. The summed E-state index contributed by atoms with van der Waals surface area (Å²) in [5, 5.41) is 0.341. The maximum Gasteiger partial charge on any atom is 0.191 e. The number of allylic oxidation sites excluding steroid dienone is 10. The van der Waals surface area contributed by atoms with Crippen LogP contribution in [-0.2, 0) is 30.6 Å².